The molecule has 0 saturated heterocycles. The number of hydroxylamine groups is 2. The molecule has 0 heterocycles. The number of ether oxygens (including phenoxy) is 2. The zero-order valence-electron chi connectivity index (χ0n) is 23.8. The number of amides is 1. The van der Waals surface area contributed by atoms with E-state index < -0.39 is 14.9 Å². The molecule has 0 fully saturated rings. The number of carbonyl (C=O) groups is 1. The van der Waals surface area contributed by atoms with Gasteiger partial charge in [-0.25, -0.2) is 4.79 Å². The first-order valence-corrected chi connectivity index (χ1v) is 16.4. The van der Waals surface area contributed by atoms with E-state index in [-0.39, 0.29) is 13.2 Å². The summed E-state index contributed by atoms with van der Waals surface area (Å²) in [5.74, 6) is 11.6. The van der Waals surface area contributed by atoms with Crippen LogP contribution in [0.5, 0.6) is 11.5 Å². The average molecular weight is 755 g/mol. The molecular formula is C34H28Br2NO5S2+. The molecule has 10 heteroatoms. The van der Waals surface area contributed by atoms with Gasteiger partial charge in [0, 0.05) is 13.8 Å². The Hall–Kier alpha value is -3.19. The van der Waals surface area contributed by atoms with Gasteiger partial charge in [0.15, 0.2) is 16.7 Å². The average Bonchev–Trinajstić information content (AvgIpc) is 3.01. The predicted octanol–water partition coefficient (Wildman–Crippen LogP) is 8.88. The van der Waals surface area contributed by atoms with Crippen LogP contribution in [0.3, 0.4) is 0 Å². The van der Waals surface area contributed by atoms with E-state index in [2.05, 4.69) is 55.5 Å². The van der Waals surface area contributed by atoms with Crippen LogP contribution in [-0.2, 0) is 9.54 Å². The van der Waals surface area contributed by atoms with Crippen molar-refractivity contribution in [2.24, 2.45) is 0 Å². The standard InChI is InChI=1S/C34H28Br2NO5S2/c1-3-5-21-41-29-13-17-31(18-14-29)43-34(25-9-7-11-27(35)23-25,26-10-8-12-28(36)24-26)33(38)37(39,40)44-32-19-15-30(16-20-32)42-22-6-4-2/h7-20,23-24,39-40H,21-22H2,1-2H3/q+1. The van der Waals surface area contributed by atoms with Gasteiger partial charge in [0.1, 0.15) is 24.7 Å². The molecule has 4 rings (SSSR count). The van der Waals surface area contributed by atoms with E-state index in [1.165, 1.54) is 11.8 Å². The minimum atomic E-state index is -1.98. The Kier molecular flexibility index (Phi) is 12.0. The van der Waals surface area contributed by atoms with Gasteiger partial charge in [0.2, 0.25) is 0 Å². The second-order valence-corrected chi connectivity index (χ2v) is 13.4. The first-order valence-electron chi connectivity index (χ1n) is 13.2. The van der Waals surface area contributed by atoms with Gasteiger partial charge in [-0.1, -0.05) is 79.7 Å². The highest BCUT2D eigenvalue weighted by Gasteiger charge is 2.57. The highest BCUT2D eigenvalue weighted by atomic mass is 79.9. The molecule has 0 aliphatic rings. The summed E-state index contributed by atoms with van der Waals surface area (Å²) in [4.78, 5) is 15.9. The largest absolute Gasteiger partial charge is 0.481 e. The van der Waals surface area contributed by atoms with Crippen molar-refractivity contribution < 1.29 is 28.9 Å². The molecule has 6 nitrogen and oxygen atoms in total. The summed E-state index contributed by atoms with van der Waals surface area (Å²) >= 11 is 8.86. The van der Waals surface area contributed by atoms with Gasteiger partial charge in [-0.2, -0.15) is 10.4 Å². The van der Waals surface area contributed by atoms with Crippen LogP contribution in [0.2, 0.25) is 0 Å². The van der Waals surface area contributed by atoms with Crippen LogP contribution in [0.15, 0.2) is 116 Å². The molecule has 1 amide bonds. The lowest BCUT2D eigenvalue weighted by Gasteiger charge is -2.33. The minimum absolute atomic E-state index is 0.237. The Bertz CT molecular complexity index is 1680. The summed E-state index contributed by atoms with van der Waals surface area (Å²) in [6.45, 7) is 3.97. The Morgan fingerprint density at radius 3 is 1.64 bits per heavy atom. The lowest BCUT2D eigenvalue weighted by molar-refractivity contribution is -1.09. The molecule has 2 N–H and O–H groups in total. The van der Waals surface area contributed by atoms with Crippen LogP contribution < -0.4 is 9.47 Å². The number of quaternary nitrogens is 1. The molecule has 0 spiro atoms. The van der Waals surface area contributed by atoms with Crippen molar-refractivity contribution in [3.63, 3.8) is 0 Å². The molecule has 0 atom stereocenters. The van der Waals surface area contributed by atoms with Gasteiger partial charge in [0.05, 0.1) is 9.11 Å². The second-order valence-electron chi connectivity index (χ2n) is 9.12. The molecular weight excluding hydrogens is 726 g/mol. The molecule has 0 aliphatic heterocycles. The summed E-state index contributed by atoms with van der Waals surface area (Å²) in [7, 11) is 0. The number of rotatable bonds is 11. The second kappa shape index (κ2) is 15.7. The molecule has 44 heavy (non-hydrogen) atoms. The predicted molar refractivity (Wildman–Crippen MR) is 180 cm³/mol. The summed E-state index contributed by atoms with van der Waals surface area (Å²) in [6.07, 6.45) is 0. The van der Waals surface area contributed by atoms with E-state index >= 15 is 0 Å². The van der Waals surface area contributed by atoms with Crippen molar-refractivity contribution in [1.82, 2.24) is 0 Å². The van der Waals surface area contributed by atoms with Crippen molar-refractivity contribution in [1.29, 1.82) is 0 Å². The summed E-state index contributed by atoms with van der Waals surface area (Å²) < 4.78 is 9.11. The molecule has 0 aliphatic carbocycles. The molecule has 0 bridgehead atoms. The Labute approximate surface area is 282 Å². The van der Waals surface area contributed by atoms with E-state index in [4.69, 9.17) is 9.47 Å². The molecule has 0 saturated carbocycles. The molecule has 0 aromatic heterocycles. The zero-order valence-corrected chi connectivity index (χ0v) is 28.6. The normalized spacial score (nSPS) is 11.0. The number of thioether (sulfide) groups is 1. The highest BCUT2D eigenvalue weighted by molar-refractivity contribution is 9.10. The van der Waals surface area contributed by atoms with Crippen LogP contribution in [-0.4, -0.2) is 33.8 Å². The van der Waals surface area contributed by atoms with Crippen LogP contribution in [0.1, 0.15) is 25.0 Å². The quantitative estimate of drug-likeness (QED) is 0.0396. The van der Waals surface area contributed by atoms with Crippen LogP contribution in [0, 0.1) is 23.7 Å². The fraction of sp³-hybridized carbons (Fsp3) is 0.147. The van der Waals surface area contributed by atoms with Crippen molar-refractivity contribution >= 4 is 61.5 Å². The topological polar surface area (TPSA) is 76.0 Å². The zero-order chi connectivity index (χ0) is 31.6. The lowest BCUT2D eigenvalue weighted by Crippen LogP contribution is -2.51. The number of hydrogen-bond acceptors (Lipinski definition) is 7. The van der Waals surface area contributed by atoms with Gasteiger partial charge >= 0.3 is 5.91 Å². The van der Waals surface area contributed by atoms with E-state index in [9.17, 15) is 15.2 Å². The third kappa shape index (κ3) is 8.50. The smallest absolute Gasteiger partial charge is 0.416 e. The lowest BCUT2D eigenvalue weighted by atomic mass is 9.89. The Morgan fingerprint density at radius 2 is 1.20 bits per heavy atom. The van der Waals surface area contributed by atoms with E-state index in [1.54, 1.807) is 62.4 Å². The van der Waals surface area contributed by atoms with Gasteiger partial charge in [-0.15, -0.1) is 11.8 Å². The van der Waals surface area contributed by atoms with Crippen molar-refractivity contribution in [3.8, 4) is 35.2 Å². The number of halogens is 2. The van der Waals surface area contributed by atoms with E-state index in [0.29, 0.717) is 44.4 Å². The molecule has 0 unspecified atom stereocenters. The number of benzene rings is 4. The number of carbonyl (C=O) groups excluding carboxylic acids is 1. The Morgan fingerprint density at radius 1 is 0.750 bits per heavy atom. The summed E-state index contributed by atoms with van der Waals surface area (Å²) in [5.41, 5.74) is 1.09. The van der Waals surface area contributed by atoms with E-state index in [0.717, 1.165) is 8.95 Å². The van der Waals surface area contributed by atoms with Crippen molar-refractivity contribution in [2.75, 3.05) is 13.2 Å². The minimum Gasteiger partial charge on any atom is -0.481 e. The van der Waals surface area contributed by atoms with Crippen molar-refractivity contribution in [3.05, 3.63) is 117 Å². The SMILES string of the molecule is CC#CCOc1ccc(SC(C(=O)[N+](O)(O)Sc2ccc(OCC#CC)cc2)(c2cccc(Br)c2)c2cccc(Br)c2)cc1. The maximum Gasteiger partial charge on any atom is 0.416 e. The van der Waals surface area contributed by atoms with Gasteiger partial charge in [-0.3, -0.25) is 0 Å². The molecule has 4 aromatic carbocycles. The number of hydrogen-bond donors (Lipinski definition) is 2. The highest BCUT2D eigenvalue weighted by Crippen LogP contribution is 2.51. The first-order chi connectivity index (χ1) is 21.2. The summed E-state index contributed by atoms with van der Waals surface area (Å²) in [5, 5.41) is 23.0. The molecule has 224 valence electrons. The molecule has 4 aromatic rings. The van der Waals surface area contributed by atoms with E-state index in [1.807, 2.05) is 48.5 Å². The third-order valence-corrected chi connectivity index (χ3v) is 9.50. The Balaban J connectivity index is 1.79. The monoisotopic (exact) mass is 752 g/mol. The number of nitrogens with zero attached hydrogens (tertiary/aromatic N) is 1. The maximum atomic E-state index is 14.7. The van der Waals surface area contributed by atoms with Crippen LogP contribution in [0.4, 0.5) is 0 Å². The maximum absolute atomic E-state index is 14.7. The van der Waals surface area contributed by atoms with Crippen LogP contribution >= 0.6 is 55.6 Å². The van der Waals surface area contributed by atoms with Crippen molar-refractivity contribution in [2.45, 2.75) is 28.4 Å². The molecule has 0 radical (unpaired) electrons. The van der Waals surface area contributed by atoms with Gasteiger partial charge < -0.3 is 9.47 Å². The third-order valence-electron chi connectivity index (χ3n) is 6.15. The van der Waals surface area contributed by atoms with Crippen LogP contribution in [0.25, 0.3) is 0 Å². The summed E-state index contributed by atoms with van der Waals surface area (Å²) in [6, 6.07) is 28.4. The fourth-order valence-corrected chi connectivity index (χ4v) is 7.10. The first kappa shape index (κ1) is 33.7. The van der Waals surface area contributed by atoms with Gasteiger partial charge in [-0.05, 0) is 97.8 Å². The van der Waals surface area contributed by atoms with Gasteiger partial charge in [0.25, 0.3) is 0 Å². The fourth-order valence-electron chi connectivity index (χ4n) is 4.14.